The van der Waals surface area contributed by atoms with Gasteiger partial charge in [0.1, 0.15) is 12.4 Å². The van der Waals surface area contributed by atoms with Crippen LogP contribution in [0, 0.1) is 5.92 Å². The minimum absolute atomic E-state index is 0.168. The number of hydrogen-bond donors (Lipinski definition) is 1. The van der Waals surface area contributed by atoms with Crippen LogP contribution < -0.4 is 10.1 Å². The number of nitrogens with zero attached hydrogens (tertiary/aromatic N) is 2. The van der Waals surface area contributed by atoms with Gasteiger partial charge in [-0.3, -0.25) is 4.90 Å². The fraction of sp³-hybridized carbons (Fsp3) is 0.441. The van der Waals surface area contributed by atoms with Crippen molar-refractivity contribution in [1.29, 1.82) is 0 Å². The second kappa shape index (κ2) is 14.2. The maximum absolute atomic E-state index is 12.6. The minimum atomic E-state index is -3.36. The number of benzene rings is 3. The second-order valence-corrected chi connectivity index (χ2v) is 13.9. The first-order valence-corrected chi connectivity index (χ1v) is 17.5. The van der Waals surface area contributed by atoms with Gasteiger partial charge < -0.3 is 29.2 Å². The number of carbonyl (C=O) groups excluding carboxylic acids is 1. The van der Waals surface area contributed by atoms with Crippen LogP contribution in [-0.4, -0.2) is 89.3 Å². The van der Waals surface area contributed by atoms with Crippen LogP contribution >= 0.6 is 0 Å². The van der Waals surface area contributed by atoms with E-state index in [1.165, 1.54) is 6.26 Å². The summed E-state index contributed by atoms with van der Waals surface area (Å²) in [5, 5.41) is 3.48. The normalized spacial score (nSPS) is 19.4. The quantitative estimate of drug-likeness (QED) is 0.356. The average molecular weight is 636 g/mol. The molecule has 3 aliphatic heterocycles. The maximum Gasteiger partial charge on any atom is 0.410 e. The molecule has 240 valence electrons. The van der Waals surface area contributed by atoms with E-state index in [0.29, 0.717) is 26.2 Å². The van der Waals surface area contributed by atoms with Crippen molar-refractivity contribution < 1.29 is 32.2 Å². The molecule has 1 unspecified atom stereocenters. The number of hydrogen-bond acceptors (Lipinski definition) is 9. The molecule has 11 heteroatoms. The van der Waals surface area contributed by atoms with Crippen molar-refractivity contribution >= 4 is 21.6 Å². The van der Waals surface area contributed by atoms with Gasteiger partial charge in [-0.25, -0.2) is 13.2 Å². The van der Waals surface area contributed by atoms with Gasteiger partial charge in [0.05, 0.1) is 24.7 Å². The van der Waals surface area contributed by atoms with Gasteiger partial charge in [-0.05, 0) is 48.2 Å². The fourth-order valence-corrected chi connectivity index (χ4v) is 6.68. The first kappa shape index (κ1) is 31.3. The van der Waals surface area contributed by atoms with E-state index in [0.717, 1.165) is 79.4 Å². The number of piperidine rings is 1. The molecule has 3 heterocycles. The highest BCUT2D eigenvalue weighted by Gasteiger charge is 2.33. The minimum Gasteiger partial charge on any atom is -0.464 e. The van der Waals surface area contributed by atoms with Gasteiger partial charge >= 0.3 is 6.09 Å². The van der Waals surface area contributed by atoms with Gasteiger partial charge in [0.15, 0.2) is 9.84 Å². The van der Waals surface area contributed by atoms with E-state index in [-0.39, 0.29) is 29.8 Å². The van der Waals surface area contributed by atoms with E-state index in [1.807, 2.05) is 48.5 Å². The molecule has 45 heavy (non-hydrogen) atoms. The predicted octanol–water partition coefficient (Wildman–Crippen LogP) is 4.79. The zero-order valence-electron chi connectivity index (χ0n) is 25.7. The zero-order chi connectivity index (χ0) is 31.2. The van der Waals surface area contributed by atoms with E-state index in [4.69, 9.17) is 18.9 Å². The van der Waals surface area contributed by atoms with Gasteiger partial charge in [0, 0.05) is 68.3 Å². The Labute approximate surface area is 265 Å². The van der Waals surface area contributed by atoms with Crippen molar-refractivity contribution in [3.8, 4) is 16.9 Å². The summed E-state index contributed by atoms with van der Waals surface area (Å²) in [6.45, 7) is 6.64. The molecule has 3 aromatic rings. The van der Waals surface area contributed by atoms with Crippen molar-refractivity contribution in [2.24, 2.45) is 5.92 Å². The van der Waals surface area contributed by atoms with Crippen molar-refractivity contribution in [3.05, 3.63) is 77.9 Å². The third kappa shape index (κ3) is 7.96. The molecule has 2 fully saturated rings. The number of nitrogens with one attached hydrogen (secondary N) is 1. The number of carbonyl (C=O) groups is 1. The molecule has 1 N–H and O–H groups in total. The van der Waals surface area contributed by atoms with Gasteiger partial charge in [0.25, 0.3) is 0 Å². The molecule has 6 rings (SSSR count). The Morgan fingerprint density at radius 3 is 2.51 bits per heavy atom. The number of amides is 1. The highest BCUT2D eigenvalue weighted by molar-refractivity contribution is 7.90. The molecule has 3 aliphatic rings. The monoisotopic (exact) mass is 635 g/mol. The lowest BCUT2D eigenvalue weighted by Crippen LogP contribution is -2.44. The molecular weight excluding hydrogens is 594 g/mol. The molecule has 0 aromatic heterocycles. The summed E-state index contributed by atoms with van der Waals surface area (Å²) in [5.41, 5.74) is 4.55. The SMILES string of the molecule is CS(=O)(=O)c1ccc(-c2ccc3c(c2)COC(C2CCN(C(=O)OCc4ccccc4)CC2)O3)c(NCCN2CCOCC2)c1. The van der Waals surface area contributed by atoms with Gasteiger partial charge in [0.2, 0.25) is 6.29 Å². The lowest BCUT2D eigenvalue weighted by Gasteiger charge is -2.37. The van der Waals surface area contributed by atoms with Gasteiger partial charge in [-0.1, -0.05) is 42.5 Å². The highest BCUT2D eigenvalue weighted by atomic mass is 32.2. The molecule has 0 bridgehead atoms. The number of fused-ring (bicyclic) bond motifs is 1. The summed E-state index contributed by atoms with van der Waals surface area (Å²) in [7, 11) is -3.36. The Hall–Kier alpha value is -3.64. The standard InChI is InChI=1S/C34H41N3O7S/c1-45(39,40)29-8-9-30(31(22-29)35-13-16-36-17-19-41-20-18-36)27-7-10-32-28(21-27)24-42-33(44-32)26-11-14-37(15-12-26)34(38)43-23-25-5-3-2-4-6-25/h2-10,21-22,26,33,35H,11-20,23-24H2,1H3. The van der Waals surface area contributed by atoms with Gasteiger partial charge in [-0.15, -0.1) is 0 Å². The molecule has 0 aliphatic carbocycles. The van der Waals surface area contributed by atoms with Crippen molar-refractivity contribution in [1.82, 2.24) is 9.80 Å². The number of anilines is 1. The summed E-state index contributed by atoms with van der Waals surface area (Å²) < 4.78 is 48.1. The Morgan fingerprint density at radius 1 is 0.978 bits per heavy atom. The summed E-state index contributed by atoms with van der Waals surface area (Å²) in [6.07, 6.45) is 2.10. The van der Waals surface area contributed by atoms with E-state index in [2.05, 4.69) is 16.3 Å². The summed E-state index contributed by atoms with van der Waals surface area (Å²) in [6, 6.07) is 21.0. The largest absolute Gasteiger partial charge is 0.464 e. The molecule has 2 saturated heterocycles. The first-order chi connectivity index (χ1) is 21.8. The van der Waals surface area contributed by atoms with Crippen LogP contribution in [0.2, 0.25) is 0 Å². The summed E-state index contributed by atoms with van der Waals surface area (Å²) in [4.78, 5) is 17.0. The number of likely N-dealkylation sites (tertiary alicyclic amines) is 1. The molecular formula is C34H41N3O7S. The highest BCUT2D eigenvalue weighted by Crippen LogP contribution is 2.37. The summed E-state index contributed by atoms with van der Waals surface area (Å²) in [5.74, 6) is 0.955. The van der Waals surface area contributed by atoms with Crippen LogP contribution in [0.4, 0.5) is 10.5 Å². The van der Waals surface area contributed by atoms with Crippen LogP contribution in [0.15, 0.2) is 71.6 Å². The van der Waals surface area contributed by atoms with Gasteiger partial charge in [-0.2, -0.15) is 0 Å². The number of ether oxygens (including phenoxy) is 4. The molecule has 0 saturated carbocycles. The van der Waals surface area contributed by atoms with E-state index in [9.17, 15) is 13.2 Å². The average Bonchev–Trinajstić information content (AvgIpc) is 3.07. The predicted molar refractivity (Wildman–Crippen MR) is 171 cm³/mol. The van der Waals surface area contributed by atoms with Crippen LogP contribution in [0.25, 0.3) is 11.1 Å². The molecule has 10 nitrogen and oxygen atoms in total. The van der Waals surface area contributed by atoms with Crippen LogP contribution in [0.5, 0.6) is 5.75 Å². The molecule has 1 atom stereocenters. The maximum atomic E-state index is 12.6. The number of morpholine rings is 1. The van der Waals surface area contributed by atoms with E-state index >= 15 is 0 Å². The Kier molecular flexibility index (Phi) is 9.89. The van der Waals surface area contributed by atoms with E-state index < -0.39 is 9.84 Å². The lowest BCUT2D eigenvalue weighted by molar-refractivity contribution is -0.148. The van der Waals surface area contributed by atoms with Crippen LogP contribution in [0.1, 0.15) is 24.0 Å². The van der Waals surface area contributed by atoms with Crippen molar-refractivity contribution in [2.75, 3.05) is 64.1 Å². The Bertz CT molecular complexity index is 1570. The topological polar surface area (TPSA) is 107 Å². The Morgan fingerprint density at radius 2 is 1.76 bits per heavy atom. The number of sulfone groups is 1. The van der Waals surface area contributed by atoms with Crippen molar-refractivity contribution in [3.63, 3.8) is 0 Å². The number of rotatable bonds is 9. The first-order valence-electron chi connectivity index (χ1n) is 15.6. The third-order valence-corrected chi connectivity index (χ3v) is 9.78. The second-order valence-electron chi connectivity index (χ2n) is 11.8. The summed E-state index contributed by atoms with van der Waals surface area (Å²) >= 11 is 0. The zero-order valence-corrected chi connectivity index (χ0v) is 26.5. The van der Waals surface area contributed by atoms with E-state index in [1.54, 1.807) is 17.0 Å². The van der Waals surface area contributed by atoms with Crippen LogP contribution in [0.3, 0.4) is 0 Å². The molecule has 3 aromatic carbocycles. The molecule has 0 spiro atoms. The van der Waals surface area contributed by atoms with Crippen molar-refractivity contribution in [2.45, 2.75) is 37.2 Å². The molecule has 1 amide bonds. The Balaban J connectivity index is 1.07. The smallest absolute Gasteiger partial charge is 0.410 e. The molecule has 0 radical (unpaired) electrons. The van der Waals surface area contributed by atoms with Crippen LogP contribution in [-0.2, 0) is 37.3 Å². The lowest BCUT2D eigenvalue weighted by atomic mass is 9.95. The third-order valence-electron chi connectivity index (χ3n) is 8.67. The fourth-order valence-electron chi connectivity index (χ4n) is 6.03.